The predicted octanol–water partition coefficient (Wildman–Crippen LogP) is 1.37. The predicted molar refractivity (Wildman–Crippen MR) is 62.5 cm³/mol. The molecule has 0 spiro atoms. The van der Waals surface area contributed by atoms with E-state index in [-0.39, 0.29) is 12.1 Å². The van der Waals surface area contributed by atoms with Gasteiger partial charge in [-0.2, -0.15) is 0 Å². The smallest absolute Gasteiger partial charge is 0.424 e. The molecule has 0 aromatic heterocycles. The number of hydrogen-bond donors (Lipinski definition) is 2. The average molecular weight is 229 g/mol. The zero-order chi connectivity index (χ0) is 12.3. The number of amides is 1. The lowest BCUT2D eigenvalue weighted by molar-refractivity contribution is 0.00932. The largest absolute Gasteiger partial charge is 0.443 e. The van der Waals surface area contributed by atoms with Crippen LogP contribution in [0.3, 0.4) is 0 Å². The lowest BCUT2D eigenvalue weighted by atomic mass is 9.91. The molecule has 0 aliphatic heterocycles. The molecular formula is C11H23N3O2. The second kappa shape index (κ2) is 5.01. The van der Waals surface area contributed by atoms with Crippen molar-refractivity contribution in [3.63, 3.8) is 0 Å². The van der Waals surface area contributed by atoms with E-state index >= 15 is 0 Å². The number of carbonyl (C=O) groups excluding carboxylic acids is 1. The van der Waals surface area contributed by atoms with Gasteiger partial charge in [0.15, 0.2) is 0 Å². The van der Waals surface area contributed by atoms with Crippen molar-refractivity contribution >= 4 is 6.09 Å². The van der Waals surface area contributed by atoms with Gasteiger partial charge in [-0.1, -0.05) is 12.8 Å². The monoisotopic (exact) mass is 229 g/mol. The van der Waals surface area contributed by atoms with Crippen LogP contribution in [0.2, 0.25) is 0 Å². The third kappa shape index (κ3) is 3.64. The topological polar surface area (TPSA) is 81.6 Å². The van der Waals surface area contributed by atoms with Crippen LogP contribution in [0.4, 0.5) is 4.79 Å². The summed E-state index contributed by atoms with van der Waals surface area (Å²) in [7, 11) is 0. The molecule has 0 aromatic rings. The van der Waals surface area contributed by atoms with Gasteiger partial charge in [0.25, 0.3) is 0 Å². The summed E-state index contributed by atoms with van der Waals surface area (Å²) in [6.07, 6.45) is 3.46. The fraction of sp³-hybridized carbons (Fsp3) is 0.909. The molecule has 1 aliphatic rings. The molecule has 5 heteroatoms. The Balaban J connectivity index is 2.55. The maximum Gasteiger partial charge on any atom is 0.424 e. The minimum absolute atomic E-state index is 0.0359. The average Bonchev–Trinajstić information content (AvgIpc) is 2.15. The molecule has 0 radical (unpaired) electrons. The fourth-order valence-electron chi connectivity index (χ4n) is 1.94. The summed E-state index contributed by atoms with van der Waals surface area (Å²) in [5.41, 5.74) is 5.43. The fourth-order valence-corrected chi connectivity index (χ4v) is 1.94. The van der Waals surface area contributed by atoms with Gasteiger partial charge in [-0.15, -0.1) is 0 Å². The molecule has 2 atom stereocenters. The summed E-state index contributed by atoms with van der Waals surface area (Å²) in [6.45, 7) is 5.46. The molecule has 4 N–H and O–H groups in total. The number of nitrogens with zero attached hydrogens (tertiary/aromatic N) is 1. The van der Waals surface area contributed by atoms with E-state index in [0.29, 0.717) is 0 Å². The Bertz CT molecular complexity index is 250. The van der Waals surface area contributed by atoms with Crippen LogP contribution in [0.1, 0.15) is 46.5 Å². The van der Waals surface area contributed by atoms with E-state index < -0.39 is 11.7 Å². The molecule has 94 valence electrons. The molecule has 1 saturated carbocycles. The number of ether oxygens (including phenoxy) is 1. The van der Waals surface area contributed by atoms with E-state index in [0.717, 1.165) is 30.7 Å². The summed E-state index contributed by atoms with van der Waals surface area (Å²) in [5.74, 6) is 5.77. The van der Waals surface area contributed by atoms with E-state index in [1.807, 2.05) is 20.8 Å². The Hall–Kier alpha value is -0.810. The maximum absolute atomic E-state index is 11.7. The second-order valence-electron chi connectivity index (χ2n) is 5.40. The maximum atomic E-state index is 11.7. The molecule has 0 unspecified atom stereocenters. The molecule has 0 aromatic carbocycles. The Morgan fingerprint density at radius 2 is 1.88 bits per heavy atom. The van der Waals surface area contributed by atoms with Gasteiger partial charge in [0, 0.05) is 6.04 Å². The first-order chi connectivity index (χ1) is 7.31. The highest BCUT2D eigenvalue weighted by molar-refractivity contribution is 5.67. The van der Waals surface area contributed by atoms with Gasteiger partial charge in [-0.25, -0.2) is 15.6 Å². The van der Waals surface area contributed by atoms with Crippen molar-refractivity contribution in [2.45, 2.75) is 64.1 Å². The van der Waals surface area contributed by atoms with Gasteiger partial charge in [0.2, 0.25) is 0 Å². The highest BCUT2D eigenvalue weighted by Crippen LogP contribution is 2.21. The third-order valence-corrected chi connectivity index (χ3v) is 2.74. The molecule has 5 nitrogen and oxygen atoms in total. The zero-order valence-electron chi connectivity index (χ0n) is 10.4. The normalized spacial score (nSPS) is 26.3. The standard InChI is InChI=1S/C11H23N3O2/c1-11(2,3)16-10(15)14(13)9-7-5-4-6-8(9)12/h8-9H,4-7,12-13H2,1-3H3/t8-,9+/m1/s1. The van der Waals surface area contributed by atoms with Crippen LogP contribution < -0.4 is 11.6 Å². The van der Waals surface area contributed by atoms with E-state index in [4.69, 9.17) is 16.3 Å². The van der Waals surface area contributed by atoms with E-state index in [9.17, 15) is 4.79 Å². The SMILES string of the molecule is CC(C)(C)OC(=O)N(N)[C@H]1CCCC[C@H]1N. The second-order valence-corrected chi connectivity index (χ2v) is 5.40. The van der Waals surface area contributed by atoms with Crippen LogP contribution in [0.15, 0.2) is 0 Å². The van der Waals surface area contributed by atoms with Gasteiger partial charge in [0.1, 0.15) is 5.60 Å². The molecule has 1 amide bonds. The minimum Gasteiger partial charge on any atom is -0.443 e. The van der Waals surface area contributed by atoms with Crippen LogP contribution in [0.25, 0.3) is 0 Å². The lowest BCUT2D eigenvalue weighted by Crippen LogP contribution is -2.56. The van der Waals surface area contributed by atoms with Crippen molar-refractivity contribution in [1.82, 2.24) is 5.01 Å². The van der Waals surface area contributed by atoms with Crippen molar-refractivity contribution in [3.05, 3.63) is 0 Å². The number of hydrogen-bond acceptors (Lipinski definition) is 4. The Kier molecular flexibility index (Phi) is 4.15. The Morgan fingerprint density at radius 1 is 1.31 bits per heavy atom. The molecule has 1 rings (SSSR count). The molecule has 1 fully saturated rings. The summed E-state index contributed by atoms with van der Waals surface area (Å²) < 4.78 is 5.21. The Labute approximate surface area is 97.1 Å². The van der Waals surface area contributed by atoms with Gasteiger partial charge in [-0.05, 0) is 33.6 Å². The van der Waals surface area contributed by atoms with Gasteiger partial charge in [-0.3, -0.25) is 0 Å². The van der Waals surface area contributed by atoms with Crippen LogP contribution in [-0.2, 0) is 4.74 Å². The Morgan fingerprint density at radius 3 is 2.38 bits per heavy atom. The van der Waals surface area contributed by atoms with Crippen molar-refractivity contribution in [1.29, 1.82) is 0 Å². The first-order valence-electron chi connectivity index (χ1n) is 5.84. The van der Waals surface area contributed by atoms with Gasteiger partial charge in [0.05, 0.1) is 6.04 Å². The van der Waals surface area contributed by atoms with Crippen LogP contribution in [0, 0.1) is 0 Å². The minimum atomic E-state index is -0.520. The van der Waals surface area contributed by atoms with Crippen molar-refractivity contribution in [3.8, 4) is 0 Å². The van der Waals surface area contributed by atoms with E-state index in [1.165, 1.54) is 0 Å². The summed E-state index contributed by atoms with van der Waals surface area (Å²) in [6, 6.07) is -0.130. The quantitative estimate of drug-likeness (QED) is 0.404. The highest BCUT2D eigenvalue weighted by atomic mass is 16.6. The van der Waals surface area contributed by atoms with Crippen LogP contribution in [-0.4, -0.2) is 28.8 Å². The van der Waals surface area contributed by atoms with Crippen molar-refractivity contribution in [2.75, 3.05) is 0 Å². The number of carbonyl (C=O) groups is 1. The van der Waals surface area contributed by atoms with Crippen LogP contribution >= 0.6 is 0 Å². The van der Waals surface area contributed by atoms with Crippen molar-refractivity contribution < 1.29 is 9.53 Å². The molecule has 0 saturated heterocycles. The first-order valence-corrected chi connectivity index (χ1v) is 5.84. The summed E-state index contributed by atoms with van der Waals surface area (Å²) >= 11 is 0. The molecule has 1 aliphatic carbocycles. The van der Waals surface area contributed by atoms with E-state index in [1.54, 1.807) is 0 Å². The third-order valence-electron chi connectivity index (χ3n) is 2.74. The lowest BCUT2D eigenvalue weighted by Gasteiger charge is -2.35. The highest BCUT2D eigenvalue weighted by Gasteiger charge is 2.31. The van der Waals surface area contributed by atoms with Crippen molar-refractivity contribution in [2.24, 2.45) is 11.6 Å². The van der Waals surface area contributed by atoms with Gasteiger partial charge >= 0.3 is 6.09 Å². The van der Waals surface area contributed by atoms with E-state index in [2.05, 4.69) is 0 Å². The summed E-state index contributed by atoms with van der Waals surface area (Å²) in [4.78, 5) is 11.7. The molecule has 0 bridgehead atoms. The first kappa shape index (κ1) is 13.3. The zero-order valence-corrected chi connectivity index (χ0v) is 10.4. The molecular weight excluding hydrogens is 206 g/mol. The molecule has 0 heterocycles. The summed E-state index contributed by atoms with van der Waals surface area (Å²) in [5, 5.41) is 1.16. The number of hydrazine groups is 1. The number of rotatable bonds is 1. The number of nitrogens with two attached hydrogens (primary N) is 2. The molecule has 16 heavy (non-hydrogen) atoms. The van der Waals surface area contributed by atoms with Crippen LogP contribution in [0.5, 0.6) is 0 Å². The van der Waals surface area contributed by atoms with Gasteiger partial charge < -0.3 is 10.5 Å².